The fraction of sp³-hybridized carbons (Fsp3) is 0.636. The van der Waals surface area contributed by atoms with Gasteiger partial charge in [-0.25, -0.2) is 0 Å². The Labute approximate surface area is 206 Å². The molecule has 0 bridgehead atoms. The second-order valence-corrected chi connectivity index (χ2v) is 14.3. The summed E-state index contributed by atoms with van der Waals surface area (Å²) in [5, 5.41) is 0. The van der Waals surface area contributed by atoms with Gasteiger partial charge in [0.2, 0.25) is 0 Å². The minimum atomic E-state index is 0.117. The summed E-state index contributed by atoms with van der Waals surface area (Å²) in [5.41, 5.74) is 10.7. The molecule has 0 aliphatic rings. The molecule has 2 aromatic carbocycles. The van der Waals surface area contributed by atoms with E-state index in [1.807, 2.05) is 0 Å². The molecule has 0 unspecified atom stereocenters. The van der Waals surface area contributed by atoms with Gasteiger partial charge >= 0.3 is 0 Å². The summed E-state index contributed by atoms with van der Waals surface area (Å²) in [6.45, 7) is 30.6. The van der Waals surface area contributed by atoms with E-state index in [1.165, 1.54) is 59.1 Å². The quantitative estimate of drug-likeness (QED) is 0.399. The van der Waals surface area contributed by atoms with Crippen molar-refractivity contribution in [2.24, 2.45) is 0 Å². The summed E-state index contributed by atoms with van der Waals surface area (Å²) in [5.74, 6) is 0. The molecule has 0 fully saturated rings. The summed E-state index contributed by atoms with van der Waals surface area (Å²) in [6.07, 6.45) is 5.03. The predicted molar refractivity (Wildman–Crippen MR) is 150 cm³/mol. The van der Waals surface area contributed by atoms with Crippen molar-refractivity contribution in [2.45, 2.75) is 137 Å². The van der Waals surface area contributed by atoms with Gasteiger partial charge in [0, 0.05) is 0 Å². The van der Waals surface area contributed by atoms with Crippen LogP contribution in [0.3, 0.4) is 0 Å². The lowest BCUT2D eigenvalue weighted by Crippen LogP contribution is -2.22. The summed E-state index contributed by atoms with van der Waals surface area (Å²) in [4.78, 5) is 0. The molecule has 0 saturated heterocycles. The maximum atomic E-state index is 2.52. The number of benzene rings is 2. The van der Waals surface area contributed by atoms with Crippen molar-refractivity contribution in [3.05, 3.63) is 58.1 Å². The summed E-state index contributed by atoms with van der Waals surface area (Å²) in [7, 11) is 0. The molecule has 0 heterocycles. The van der Waals surface area contributed by atoms with E-state index in [1.54, 1.807) is 5.56 Å². The van der Waals surface area contributed by atoms with E-state index in [4.69, 9.17) is 0 Å². The van der Waals surface area contributed by atoms with E-state index < -0.39 is 0 Å². The maximum Gasteiger partial charge on any atom is -0.0129 e. The Morgan fingerprint density at radius 1 is 0.485 bits per heavy atom. The molecular weight excluding hydrogens is 396 g/mol. The summed E-state index contributed by atoms with van der Waals surface area (Å²) >= 11 is 0. The Kier molecular flexibility index (Phi) is 8.05. The van der Waals surface area contributed by atoms with Crippen LogP contribution < -0.4 is 0 Å². The molecule has 184 valence electrons. The van der Waals surface area contributed by atoms with Crippen molar-refractivity contribution in [2.75, 3.05) is 0 Å². The van der Waals surface area contributed by atoms with Crippen LogP contribution in [-0.4, -0.2) is 0 Å². The molecule has 0 nitrogen and oxygen atoms in total. The van der Waals surface area contributed by atoms with E-state index in [0.29, 0.717) is 0 Å². The molecule has 2 aromatic rings. The molecule has 0 aliphatic carbocycles. The van der Waals surface area contributed by atoms with Gasteiger partial charge in [0.15, 0.2) is 0 Å². The number of hydrogen-bond acceptors (Lipinski definition) is 0. The third-order valence-electron chi connectivity index (χ3n) is 6.89. The van der Waals surface area contributed by atoms with Crippen molar-refractivity contribution >= 4 is 0 Å². The SMILES string of the molecule is CCCCCc1c(C(C)(C)C)cc(-c2cc(C(C)(C)C)cc(C(C)(C)C)c2)cc1C(C)(C)C. The van der Waals surface area contributed by atoms with Crippen LogP contribution in [0.1, 0.15) is 137 Å². The summed E-state index contributed by atoms with van der Waals surface area (Å²) in [6, 6.07) is 12.4. The van der Waals surface area contributed by atoms with Gasteiger partial charge in [-0.15, -0.1) is 0 Å². The fourth-order valence-corrected chi connectivity index (χ4v) is 4.66. The van der Waals surface area contributed by atoms with Crippen molar-refractivity contribution in [3.8, 4) is 11.1 Å². The third kappa shape index (κ3) is 6.97. The van der Waals surface area contributed by atoms with Crippen molar-refractivity contribution in [3.63, 3.8) is 0 Å². The lowest BCUT2D eigenvalue weighted by Gasteiger charge is -2.32. The van der Waals surface area contributed by atoms with Crippen LogP contribution in [-0.2, 0) is 28.1 Å². The molecule has 0 N–H and O–H groups in total. The fourth-order valence-electron chi connectivity index (χ4n) is 4.66. The number of rotatable bonds is 5. The van der Waals surface area contributed by atoms with Gasteiger partial charge < -0.3 is 0 Å². The van der Waals surface area contributed by atoms with E-state index in [2.05, 4.69) is 120 Å². The monoisotopic (exact) mass is 448 g/mol. The lowest BCUT2D eigenvalue weighted by molar-refractivity contribution is 0.549. The highest BCUT2D eigenvalue weighted by Crippen LogP contribution is 2.41. The first-order valence-corrected chi connectivity index (χ1v) is 13.2. The van der Waals surface area contributed by atoms with Crippen LogP contribution in [0.15, 0.2) is 30.3 Å². The molecule has 0 atom stereocenters. The molecule has 0 amide bonds. The Bertz CT molecular complexity index is 876. The Hall–Kier alpha value is -1.56. The maximum absolute atomic E-state index is 2.52. The molecule has 0 saturated carbocycles. The average molecular weight is 449 g/mol. The van der Waals surface area contributed by atoms with Gasteiger partial charge in [-0.1, -0.05) is 133 Å². The molecule has 33 heavy (non-hydrogen) atoms. The highest BCUT2D eigenvalue weighted by atomic mass is 14.3. The smallest absolute Gasteiger partial charge is 0.0129 e. The first kappa shape index (κ1) is 27.7. The van der Waals surface area contributed by atoms with Crippen molar-refractivity contribution in [1.29, 1.82) is 0 Å². The highest BCUT2D eigenvalue weighted by Gasteiger charge is 2.27. The molecule has 0 aliphatic heterocycles. The van der Waals surface area contributed by atoms with E-state index in [0.717, 1.165) is 0 Å². The third-order valence-corrected chi connectivity index (χ3v) is 6.89. The first-order valence-electron chi connectivity index (χ1n) is 13.2. The highest BCUT2D eigenvalue weighted by molar-refractivity contribution is 5.70. The Balaban J connectivity index is 2.88. The zero-order chi connectivity index (χ0) is 25.4. The Morgan fingerprint density at radius 2 is 0.879 bits per heavy atom. The molecule has 0 heteroatoms. The minimum absolute atomic E-state index is 0.117. The van der Waals surface area contributed by atoms with E-state index in [9.17, 15) is 0 Å². The molecule has 0 radical (unpaired) electrons. The summed E-state index contributed by atoms with van der Waals surface area (Å²) < 4.78 is 0. The topological polar surface area (TPSA) is 0 Å². The van der Waals surface area contributed by atoms with E-state index >= 15 is 0 Å². The van der Waals surface area contributed by atoms with Crippen molar-refractivity contribution < 1.29 is 0 Å². The second kappa shape index (κ2) is 9.59. The normalized spacial score (nSPS) is 13.5. The molecule has 0 spiro atoms. The van der Waals surface area contributed by atoms with Crippen LogP contribution in [0.5, 0.6) is 0 Å². The molecule has 0 aromatic heterocycles. The molecule has 2 rings (SSSR count). The van der Waals surface area contributed by atoms with Crippen LogP contribution >= 0.6 is 0 Å². The van der Waals surface area contributed by atoms with Crippen LogP contribution in [0.2, 0.25) is 0 Å². The second-order valence-electron chi connectivity index (χ2n) is 14.3. The van der Waals surface area contributed by atoms with Gasteiger partial charge in [0.05, 0.1) is 0 Å². The average Bonchev–Trinajstić information content (AvgIpc) is 2.64. The predicted octanol–water partition coefficient (Wildman–Crippen LogP) is 10.3. The van der Waals surface area contributed by atoms with Crippen LogP contribution in [0.4, 0.5) is 0 Å². The number of hydrogen-bond donors (Lipinski definition) is 0. The zero-order valence-corrected chi connectivity index (χ0v) is 24.2. The van der Waals surface area contributed by atoms with Gasteiger partial charge in [-0.05, 0) is 73.4 Å². The Morgan fingerprint density at radius 3 is 1.21 bits per heavy atom. The number of unbranched alkanes of at least 4 members (excludes halogenated alkanes) is 2. The zero-order valence-electron chi connectivity index (χ0n) is 24.2. The van der Waals surface area contributed by atoms with Gasteiger partial charge in [0.25, 0.3) is 0 Å². The standard InChI is InChI=1S/C33H52/c1-14-15-16-17-27-28(32(8,9)10)20-24(21-29(27)33(11,12)13)23-18-25(30(2,3)4)22-26(19-23)31(5,6)7/h18-22H,14-17H2,1-13H3. The van der Waals surface area contributed by atoms with Crippen molar-refractivity contribution in [1.82, 2.24) is 0 Å². The first-order chi connectivity index (χ1) is 14.9. The lowest BCUT2D eigenvalue weighted by atomic mass is 9.73. The van der Waals surface area contributed by atoms with Crippen LogP contribution in [0, 0.1) is 0 Å². The molecular formula is C33H52. The van der Waals surface area contributed by atoms with Gasteiger partial charge in [0.1, 0.15) is 0 Å². The van der Waals surface area contributed by atoms with Crippen LogP contribution in [0.25, 0.3) is 11.1 Å². The van der Waals surface area contributed by atoms with Gasteiger partial charge in [-0.2, -0.15) is 0 Å². The van der Waals surface area contributed by atoms with E-state index in [-0.39, 0.29) is 21.7 Å². The minimum Gasteiger partial charge on any atom is -0.0654 e. The largest absolute Gasteiger partial charge is 0.0654 e. The van der Waals surface area contributed by atoms with Gasteiger partial charge in [-0.3, -0.25) is 0 Å².